The molecule has 0 aliphatic heterocycles. The van der Waals surface area contributed by atoms with Crippen LogP contribution in [0, 0.1) is 0 Å². The lowest BCUT2D eigenvalue weighted by Gasteiger charge is -2.38. The topological polar surface area (TPSA) is 118 Å². The summed E-state index contributed by atoms with van der Waals surface area (Å²) in [6, 6.07) is 2.22. The lowest BCUT2D eigenvalue weighted by Crippen LogP contribution is -2.41. The van der Waals surface area contributed by atoms with Gasteiger partial charge in [0.2, 0.25) is 0 Å². The second-order valence-corrected chi connectivity index (χ2v) is 6.24. The third-order valence-corrected chi connectivity index (χ3v) is 4.66. The second kappa shape index (κ2) is 7.08. The molecule has 10 heteroatoms. The number of hydrogen-bond donors (Lipinski definition) is 2. The quantitative estimate of drug-likeness (QED) is 0.624. The summed E-state index contributed by atoms with van der Waals surface area (Å²) in [4.78, 5) is 23.5. The van der Waals surface area contributed by atoms with Crippen LogP contribution in [0.25, 0.3) is 11.5 Å². The van der Waals surface area contributed by atoms with Crippen molar-refractivity contribution < 1.29 is 5.11 Å². The third kappa shape index (κ3) is 2.99. The van der Waals surface area contributed by atoms with Crippen LogP contribution in [0.2, 0.25) is 0 Å². The molecule has 0 spiro atoms. The molecule has 3 aromatic rings. The molecule has 136 valence electrons. The maximum atomic E-state index is 12.7. The van der Waals surface area contributed by atoms with Crippen LogP contribution in [0.5, 0.6) is 0 Å². The van der Waals surface area contributed by atoms with Gasteiger partial charge in [-0.1, -0.05) is 5.21 Å². The highest BCUT2D eigenvalue weighted by molar-refractivity contribution is 5.45. The molecule has 3 heterocycles. The van der Waals surface area contributed by atoms with Gasteiger partial charge in [-0.3, -0.25) is 9.89 Å². The highest BCUT2D eigenvalue weighted by atomic mass is 16.3. The highest BCUT2D eigenvalue weighted by Crippen LogP contribution is 2.28. The number of aliphatic hydroxyl groups excluding tert-OH is 1. The van der Waals surface area contributed by atoms with Gasteiger partial charge in [0.25, 0.3) is 5.56 Å². The zero-order valence-corrected chi connectivity index (χ0v) is 14.2. The summed E-state index contributed by atoms with van der Waals surface area (Å²) in [5.74, 6) is 1.22. The predicted octanol–water partition coefficient (Wildman–Crippen LogP) is 0.278. The van der Waals surface area contributed by atoms with Crippen LogP contribution in [-0.4, -0.2) is 59.0 Å². The molecule has 0 saturated heterocycles. The molecule has 0 amide bonds. The molecule has 0 radical (unpaired) electrons. The van der Waals surface area contributed by atoms with Crippen molar-refractivity contribution in [1.29, 1.82) is 0 Å². The van der Waals surface area contributed by atoms with Gasteiger partial charge in [0, 0.05) is 25.3 Å². The Balaban J connectivity index is 1.66. The van der Waals surface area contributed by atoms with E-state index in [-0.39, 0.29) is 12.2 Å². The molecule has 3 aromatic heterocycles. The summed E-state index contributed by atoms with van der Waals surface area (Å²) in [6.07, 6.45) is 10.2. The summed E-state index contributed by atoms with van der Waals surface area (Å²) in [5, 5.41) is 19.7. The van der Waals surface area contributed by atoms with E-state index in [0.717, 1.165) is 25.2 Å². The van der Waals surface area contributed by atoms with Crippen molar-refractivity contribution in [2.75, 3.05) is 18.1 Å². The fourth-order valence-electron chi connectivity index (χ4n) is 3.07. The Kier molecular flexibility index (Phi) is 4.48. The van der Waals surface area contributed by atoms with Crippen molar-refractivity contribution in [3.8, 4) is 11.5 Å². The summed E-state index contributed by atoms with van der Waals surface area (Å²) in [5.41, 5.74) is 0.0875. The maximum Gasteiger partial charge on any atom is 0.298 e. The standard InChI is InChI=1S/C16H20N8O2/c25-8-2-6-22(12-3-1-4-12)14-9-15(18-11-17-14)24-16(26)13(10-20-24)23-7-5-19-21-23/h5,7,9-12,20,25H,1-4,6,8H2. The number of H-pyrrole nitrogens is 1. The van der Waals surface area contributed by atoms with Gasteiger partial charge in [0.15, 0.2) is 11.5 Å². The van der Waals surface area contributed by atoms with E-state index in [1.54, 1.807) is 18.5 Å². The Morgan fingerprint density at radius 1 is 1.35 bits per heavy atom. The molecule has 0 atom stereocenters. The van der Waals surface area contributed by atoms with E-state index in [1.165, 1.54) is 28.3 Å². The normalized spacial score (nSPS) is 14.3. The number of hydrogen-bond acceptors (Lipinski definition) is 7. The lowest BCUT2D eigenvalue weighted by molar-refractivity contribution is 0.282. The van der Waals surface area contributed by atoms with E-state index >= 15 is 0 Å². The van der Waals surface area contributed by atoms with Gasteiger partial charge in [-0.2, -0.15) is 4.68 Å². The molecular weight excluding hydrogens is 336 g/mol. The number of aliphatic hydroxyl groups is 1. The monoisotopic (exact) mass is 356 g/mol. The third-order valence-electron chi connectivity index (χ3n) is 4.66. The fraction of sp³-hybridized carbons (Fsp3) is 0.438. The minimum absolute atomic E-state index is 0.137. The van der Waals surface area contributed by atoms with Gasteiger partial charge in [-0.05, 0) is 25.7 Å². The summed E-state index contributed by atoms with van der Waals surface area (Å²) < 4.78 is 2.76. The first kappa shape index (κ1) is 16.5. The van der Waals surface area contributed by atoms with Gasteiger partial charge < -0.3 is 10.0 Å². The van der Waals surface area contributed by atoms with Crippen LogP contribution in [0.4, 0.5) is 5.82 Å². The largest absolute Gasteiger partial charge is 0.396 e. The van der Waals surface area contributed by atoms with Crippen LogP contribution in [0.3, 0.4) is 0 Å². The highest BCUT2D eigenvalue weighted by Gasteiger charge is 2.26. The fourth-order valence-corrected chi connectivity index (χ4v) is 3.07. The van der Waals surface area contributed by atoms with E-state index in [9.17, 15) is 9.90 Å². The molecule has 1 fully saturated rings. The van der Waals surface area contributed by atoms with Crippen molar-refractivity contribution in [1.82, 2.24) is 34.7 Å². The molecule has 0 unspecified atom stereocenters. The minimum Gasteiger partial charge on any atom is -0.396 e. The Hall–Kier alpha value is -3.01. The first-order chi connectivity index (χ1) is 12.8. The molecule has 0 bridgehead atoms. The number of nitrogens with one attached hydrogen (secondary N) is 1. The van der Waals surface area contributed by atoms with Crippen LogP contribution in [0.15, 0.2) is 35.8 Å². The number of aromatic amines is 1. The zero-order chi connectivity index (χ0) is 17.9. The average Bonchev–Trinajstić information content (AvgIpc) is 3.26. The predicted molar refractivity (Wildman–Crippen MR) is 93.6 cm³/mol. The first-order valence-electron chi connectivity index (χ1n) is 8.65. The van der Waals surface area contributed by atoms with Gasteiger partial charge >= 0.3 is 0 Å². The Bertz CT molecular complexity index is 912. The SMILES string of the molecule is O=c1c(-n2ccnn2)c[nH]n1-c1cc(N(CCCO)C2CCC2)ncn1. The molecule has 0 aromatic carbocycles. The second-order valence-electron chi connectivity index (χ2n) is 6.24. The number of anilines is 1. The average molecular weight is 356 g/mol. The maximum absolute atomic E-state index is 12.7. The van der Waals surface area contributed by atoms with Crippen LogP contribution in [0.1, 0.15) is 25.7 Å². The Morgan fingerprint density at radius 2 is 2.23 bits per heavy atom. The van der Waals surface area contributed by atoms with Crippen molar-refractivity contribution in [2.24, 2.45) is 0 Å². The zero-order valence-electron chi connectivity index (χ0n) is 14.2. The molecule has 1 aliphatic carbocycles. The molecular formula is C16H20N8O2. The number of aromatic nitrogens is 7. The summed E-state index contributed by atoms with van der Waals surface area (Å²) in [7, 11) is 0. The van der Waals surface area contributed by atoms with Crippen LogP contribution < -0.4 is 10.5 Å². The molecule has 10 nitrogen and oxygen atoms in total. The molecule has 26 heavy (non-hydrogen) atoms. The van der Waals surface area contributed by atoms with Crippen LogP contribution in [-0.2, 0) is 0 Å². The van der Waals surface area contributed by atoms with E-state index in [1.807, 2.05) is 0 Å². The van der Waals surface area contributed by atoms with E-state index in [2.05, 4.69) is 30.3 Å². The van der Waals surface area contributed by atoms with E-state index < -0.39 is 0 Å². The smallest absolute Gasteiger partial charge is 0.298 e. The van der Waals surface area contributed by atoms with Crippen LogP contribution >= 0.6 is 0 Å². The molecule has 1 aliphatic rings. The van der Waals surface area contributed by atoms with Gasteiger partial charge in [0.1, 0.15) is 12.1 Å². The van der Waals surface area contributed by atoms with E-state index in [0.29, 0.717) is 24.0 Å². The van der Waals surface area contributed by atoms with Gasteiger partial charge in [-0.25, -0.2) is 14.6 Å². The Labute approximate surface area is 149 Å². The molecule has 4 rings (SSSR count). The van der Waals surface area contributed by atoms with Crippen molar-refractivity contribution in [2.45, 2.75) is 31.7 Å². The van der Waals surface area contributed by atoms with Gasteiger partial charge in [-0.15, -0.1) is 5.10 Å². The first-order valence-corrected chi connectivity index (χ1v) is 8.65. The van der Waals surface area contributed by atoms with Crippen molar-refractivity contribution in [3.63, 3.8) is 0 Å². The number of nitrogens with zero attached hydrogens (tertiary/aromatic N) is 7. The summed E-state index contributed by atoms with van der Waals surface area (Å²) in [6.45, 7) is 0.861. The number of rotatable bonds is 7. The van der Waals surface area contributed by atoms with Gasteiger partial charge in [0.05, 0.1) is 18.6 Å². The molecule has 2 N–H and O–H groups in total. The van der Waals surface area contributed by atoms with Crippen molar-refractivity contribution >= 4 is 5.82 Å². The summed E-state index contributed by atoms with van der Waals surface area (Å²) >= 11 is 0. The minimum atomic E-state index is -0.272. The molecule has 1 saturated carbocycles. The van der Waals surface area contributed by atoms with Crippen molar-refractivity contribution in [3.05, 3.63) is 41.3 Å². The Morgan fingerprint density at radius 3 is 2.92 bits per heavy atom. The van der Waals surface area contributed by atoms with E-state index in [4.69, 9.17) is 0 Å². The lowest BCUT2D eigenvalue weighted by atomic mass is 9.91.